The zero-order valence-corrected chi connectivity index (χ0v) is 57.3. The summed E-state index contributed by atoms with van der Waals surface area (Å²) in [5.74, 6) is -5.08. The number of nitrogens with zero attached hydrogens (tertiary/aromatic N) is 4. The Labute approximate surface area is 553 Å². The van der Waals surface area contributed by atoms with Gasteiger partial charge in [-0.15, -0.1) is 0 Å². The number of nitrogen functional groups attached to an aromatic ring is 1. The molecule has 0 radical (unpaired) electrons. The van der Waals surface area contributed by atoms with Gasteiger partial charge in [0, 0.05) is 31.7 Å². The molecular weight excluding hydrogens is 1690 g/mol. The molecule has 69 heteroatoms. The maximum atomic E-state index is 15.0. The fourth-order valence-electron chi connectivity index (χ4n) is 7.57. The average molecular weight is 1730 g/mol. The number of phosphoric ester groups is 3. The molecule has 15 atom stereocenters. The van der Waals surface area contributed by atoms with Crippen LogP contribution in [0.25, 0.3) is 0 Å². The first-order valence-corrected chi connectivity index (χ1v) is 38.8. The highest BCUT2D eigenvalue weighted by molar-refractivity contribution is 7.72. The van der Waals surface area contributed by atoms with E-state index >= 15 is 8.78 Å². The summed E-state index contributed by atoms with van der Waals surface area (Å²) in [5, 5.41) is 0. The predicted octanol–water partition coefficient (Wildman–Crippen LogP) is 7.50. The monoisotopic (exact) mass is 1730 g/mol. The molecule has 0 amide bonds. The van der Waals surface area contributed by atoms with E-state index < -0.39 is 230 Å². The van der Waals surface area contributed by atoms with E-state index in [0.717, 1.165) is 0 Å². The van der Waals surface area contributed by atoms with E-state index in [2.05, 4.69) is 81.1 Å². The van der Waals surface area contributed by atoms with Crippen LogP contribution in [0, 0.1) is 36.4 Å². The van der Waals surface area contributed by atoms with E-state index in [0.29, 0.717) is 12.4 Å². The molecule has 0 spiro atoms. The zero-order valence-electron chi connectivity index (χ0n) is 46.0. The number of alkyl halides is 12. The van der Waals surface area contributed by atoms with Crippen LogP contribution in [-0.2, 0) is 94.7 Å². The predicted molar refractivity (Wildman–Crippen MR) is 288 cm³/mol. The number of phosphoric acid groups is 9. The topological polar surface area (TPSA) is 610 Å². The van der Waals surface area contributed by atoms with Crippen molar-refractivity contribution in [3.05, 3.63) is 65.3 Å². The Kier molecular flexibility index (Phi) is 28.2. The van der Waals surface area contributed by atoms with Gasteiger partial charge in [-0.1, -0.05) is 12.2 Å². The molecule has 41 nitrogen and oxygen atoms in total. The number of H-pyrrole nitrogens is 2. The van der Waals surface area contributed by atoms with Crippen molar-refractivity contribution in [2.75, 3.05) is 25.6 Å². The van der Waals surface area contributed by atoms with Gasteiger partial charge in [-0.25, -0.2) is 63.0 Å². The maximum absolute atomic E-state index is 15.0. The van der Waals surface area contributed by atoms with Crippen LogP contribution in [-0.4, -0.2) is 161 Å². The Morgan fingerprint density at radius 2 is 0.747 bits per heavy atom. The molecule has 0 saturated carbocycles. The van der Waals surface area contributed by atoms with Crippen LogP contribution in [0.3, 0.4) is 0 Å². The highest BCUT2D eigenvalue weighted by atomic mass is 32.1. The Morgan fingerprint density at radius 3 is 1.04 bits per heavy atom. The molecule has 3 aliphatic rings. The molecule has 570 valence electrons. The van der Waals surface area contributed by atoms with E-state index in [1.807, 2.05) is 4.98 Å². The van der Waals surface area contributed by atoms with Gasteiger partial charge in [0.2, 0.25) is 10.6 Å². The molecule has 3 aromatic heterocycles. The Balaban J connectivity index is 0.000000315. The fourth-order valence-corrected chi connectivity index (χ4v) is 17.7. The largest absolute Gasteiger partial charge is 0.490 e. The summed E-state index contributed by atoms with van der Waals surface area (Å²) in [6.45, 7) is -4.18. The fraction of sp³-hybridized carbons (Fsp3) is 0.600. The molecule has 0 aliphatic carbocycles. The van der Waals surface area contributed by atoms with Crippen LogP contribution in [0.5, 0.6) is 0 Å². The van der Waals surface area contributed by atoms with Crippen molar-refractivity contribution in [2.24, 2.45) is 0 Å². The molecule has 3 aromatic rings. The first kappa shape index (κ1) is 89.2. The van der Waals surface area contributed by atoms with Gasteiger partial charge in [0.05, 0.1) is 44.3 Å². The summed E-state index contributed by atoms with van der Waals surface area (Å²) in [4.78, 5) is 124. The van der Waals surface area contributed by atoms with Crippen molar-refractivity contribution in [3.8, 4) is 0 Å². The lowest BCUT2D eigenvalue weighted by Gasteiger charge is -2.29. The summed E-state index contributed by atoms with van der Waals surface area (Å²) in [6, 6.07) is 0. The molecule has 6 rings (SSSR count). The normalized spacial score (nSPS) is 27.8. The number of aromatic amines is 2. The number of anilines is 1. The molecule has 16 N–H and O–H groups in total. The minimum Gasteiger partial charge on any atom is -0.381 e. The van der Waals surface area contributed by atoms with E-state index in [4.69, 9.17) is 76.2 Å². The highest BCUT2D eigenvalue weighted by Crippen LogP contribution is 2.69. The second-order valence-corrected chi connectivity index (χ2v) is 33.4. The summed E-state index contributed by atoms with van der Waals surface area (Å²) in [5.41, 5.74) is -9.05. The van der Waals surface area contributed by atoms with Crippen molar-refractivity contribution in [1.82, 2.24) is 28.7 Å². The Morgan fingerprint density at radius 1 is 0.475 bits per heavy atom. The van der Waals surface area contributed by atoms with Crippen LogP contribution in [0.2, 0.25) is 0 Å². The number of halogens is 15. The Bertz CT molecular complexity index is 4110. The van der Waals surface area contributed by atoms with Gasteiger partial charge in [-0.3, -0.25) is 37.1 Å². The molecule has 3 aliphatic heterocycles. The summed E-state index contributed by atoms with van der Waals surface area (Å²) < 4.78 is 352. The molecule has 6 heterocycles. The van der Waals surface area contributed by atoms with Crippen LogP contribution >= 0.6 is 119 Å². The number of hydrogen-bond acceptors (Lipinski definition) is 28. The van der Waals surface area contributed by atoms with Gasteiger partial charge < -0.3 is 83.6 Å². The molecule has 0 bridgehead atoms. The minimum absolute atomic E-state index is 0.102. The molecule has 99 heavy (non-hydrogen) atoms. The molecule has 3 fully saturated rings. The molecule has 0 aromatic carbocycles. The van der Waals surface area contributed by atoms with Crippen LogP contribution in [0.1, 0.15) is 37.9 Å². The van der Waals surface area contributed by atoms with E-state index in [9.17, 15) is 118 Å². The van der Waals surface area contributed by atoms with Crippen molar-refractivity contribution >= 4 is 125 Å². The lowest BCUT2D eigenvalue weighted by atomic mass is 9.99. The standard InChI is InChI=1S/C10H13F5N3O11P3S.C10H12F5N2O12P3S.C10H12F5N2O11P3S2/c11-5-2-18(8(33)17-6(5)16)7-9(12,10(13,14)15)1-4(27-7)3-26-31(22,23)29-32(24,25)28-30(19,20)21;11-5-2-17(8(33)16-6(5)18)7-9(12,10(13,14)15)1-4(27-7)3-26-31(22,23)29-32(24,25)28-30(19,20)21;11-5-2-17(8(33)16-6(5)32)7-9(12,10(13,14)15)1-4(26-7)3-25-30(21,22)28-31(23,24)27-29(18,19)20/h2,4,7H,1,3H2,(H,22,23)(H,24,25)(H2,16,17,33)(H2,19,20,21);2,4,7H,1,3H2,(H,22,23)(H,24,25)(H,16,18,33)(H2,19,20,21);2,4,7H,1,3H2,(H,21,22)(H,23,24)(H,16,32,33)(H2,18,19,20)/t3*4-,7+,9?/m000/s1. The van der Waals surface area contributed by atoms with Crippen molar-refractivity contribution in [2.45, 2.75) is 91.8 Å². The number of ether oxygens (including phenoxy) is 3. The smallest absolute Gasteiger partial charge is 0.381 e. The number of rotatable bonds is 24. The number of hydrogen-bond donors (Lipinski definition) is 15. The van der Waals surface area contributed by atoms with Crippen molar-refractivity contribution < 1.29 is 219 Å². The first-order valence-electron chi connectivity index (χ1n) is 23.6. The lowest BCUT2D eigenvalue weighted by Crippen LogP contribution is -2.46. The third kappa shape index (κ3) is 24.9. The number of nitrogens with two attached hydrogens (primary N) is 1. The van der Waals surface area contributed by atoms with Gasteiger partial charge in [0.15, 0.2) is 45.7 Å². The Hall–Kier alpha value is -2.22. The molecular formula is C30H37F15N7O34P9S4. The zero-order chi connectivity index (χ0) is 76.9. The third-order valence-corrected chi connectivity index (χ3v) is 23.8. The highest BCUT2D eigenvalue weighted by Gasteiger charge is 2.70. The van der Waals surface area contributed by atoms with Crippen molar-refractivity contribution in [3.63, 3.8) is 0 Å². The lowest BCUT2D eigenvalue weighted by molar-refractivity contribution is -0.257. The van der Waals surface area contributed by atoms with Gasteiger partial charge in [0.25, 0.3) is 22.6 Å². The second-order valence-electron chi connectivity index (χ2n) is 18.6. The number of aromatic nitrogens is 6. The van der Waals surface area contributed by atoms with Crippen molar-refractivity contribution in [1.29, 1.82) is 0 Å². The summed E-state index contributed by atoms with van der Waals surface area (Å²) in [7, 11) is -52.0. The summed E-state index contributed by atoms with van der Waals surface area (Å²) in [6.07, 6.45) is -35.1. The quantitative estimate of drug-likeness (QED) is 0.0234. The molecule has 3 saturated heterocycles. The first-order chi connectivity index (χ1) is 44.0. The van der Waals surface area contributed by atoms with E-state index in [-0.39, 0.29) is 19.9 Å². The van der Waals surface area contributed by atoms with Crippen LogP contribution in [0.15, 0.2) is 23.4 Å². The minimum atomic E-state index is -5.92. The van der Waals surface area contributed by atoms with E-state index in [1.165, 1.54) is 0 Å². The van der Waals surface area contributed by atoms with E-state index in [1.54, 1.807) is 4.98 Å². The van der Waals surface area contributed by atoms with Crippen LogP contribution < -0.4 is 11.3 Å². The van der Waals surface area contributed by atoms with Gasteiger partial charge in [-0.05, 0) is 36.7 Å². The maximum Gasteiger partial charge on any atom is 0.490 e. The SMILES string of the molecule is Nc1nc(=S)n([C@@H]2O[C@H](COP(=O)(O)OP(=O)(O)OP(=O)(O)O)CC2(F)C(F)(F)F)cc1F.O=P(O)(O)OP(=O)(O)OP(=O)(O)OC[C@@H]1CC(F)(C(F)(F)F)[C@H](n2cc(F)c(=S)[nH]c2=S)O1.O=c1[nH]c(=S)n([C@@H]2O[C@H](COP(=O)(O)OP(=O)(O)OP(=O)(O)O)CC2(F)C(F)(F)F)cc1F. The van der Waals surface area contributed by atoms with Crippen LogP contribution in [0.4, 0.5) is 71.7 Å². The average Bonchev–Trinajstić information content (AvgIpc) is 1.64. The molecule has 9 unspecified atom stereocenters. The van der Waals surface area contributed by atoms with Gasteiger partial charge >= 0.3 is 88.9 Å². The summed E-state index contributed by atoms with van der Waals surface area (Å²) >= 11 is 18.5. The van der Waals surface area contributed by atoms with Gasteiger partial charge in [-0.2, -0.15) is 74.8 Å². The van der Waals surface area contributed by atoms with Gasteiger partial charge in [0.1, 0.15) is 4.64 Å². The second kappa shape index (κ2) is 31.3. The number of nitrogens with one attached hydrogen (secondary N) is 2. The third-order valence-electron chi connectivity index (χ3n) is 11.2.